The molecule has 0 radical (unpaired) electrons. The van der Waals surface area contributed by atoms with Crippen LogP contribution in [0.1, 0.15) is 17.6 Å². The summed E-state index contributed by atoms with van der Waals surface area (Å²) in [6.45, 7) is -0.168. The maximum absolute atomic E-state index is 13.0. The molecule has 0 heterocycles. The second-order valence-electron chi connectivity index (χ2n) is 2.67. The van der Waals surface area contributed by atoms with E-state index in [1.807, 2.05) is 0 Å². The highest BCUT2D eigenvalue weighted by molar-refractivity contribution is 5.50. The van der Waals surface area contributed by atoms with Crippen molar-refractivity contribution in [2.75, 3.05) is 6.61 Å². The molecular formula is C10H9F3O. The Balaban J connectivity index is 2.94. The average molecular weight is 202 g/mol. The first kappa shape index (κ1) is 10.8. The van der Waals surface area contributed by atoms with Crippen molar-refractivity contribution in [1.29, 1.82) is 0 Å². The molecule has 0 atom stereocenters. The fourth-order valence-electron chi connectivity index (χ4n) is 1.01. The summed E-state index contributed by atoms with van der Waals surface area (Å²) >= 11 is 0. The normalized spacial score (nSPS) is 11.5. The number of alkyl halides is 2. The van der Waals surface area contributed by atoms with Crippen LogP contribution in [0.5, 0.6) is 0 Å². The Morgan fingerprint density at radius 3 is 2.57 bits per heavy atom. The summed E-state index contributed by atoms with van der Waals surface area (Å²) in [6, 6.07) is 3.42. The van der Waals surface area contributed by atoms with Crippen LogP contribution in [-0.4, -0.2) is 11.7 Å². The molecule has 4 heteroatoms. The van der Waals surface area contributed by atoms with E-state index < -0.39 is 17.8 Å². The molecule has 1 rings (SSSR count). The molecule has 0 aliphatic carbocycles. The zero-order valence-electron chi connectivity index (χ0n) is 7.25. The number of hydrogen-bond acceptors (Lipinski definition) is 1. The Kier molecular flexibility index (Phi) is 3.71. The molecular weight excluding hydrogens is 193 g/mol. The van der Waals surface area contributed by atoms with Crippen molar-refractivity contribution in [3.8, 4) is 0 Å². The van der Waals surface area contributed by atoms with Crippen molar-refractivity contribution in [2.45, 2.75) is 6.43 Å². The summed E-state index contributed by atoms with van der Waals surface area (Å²) in [4.78, 5) is 0. The summed E-state index contributed by atoms with van der Waals surface area (Å²) in [5.41, 5.74) is -0.160. The van der Waals surface area contributed by atoms with Crippen LogP contribution < -0.4 is 0 Å². The Labute approximate surface area is 79.5 Å². The molecule has 1 aromatic rings. The van der Waals surface area contributed by atoms with Crippen LogP contribution >= 0.6 is 0 Å². The van der Waals surface area contributed by atoms with Crippen molar-refractivity contribution in [3.05, 3.63) is 41.2 Å². The number of aliphatic hydroxyl groups is 1. The third-order valence-corrected chi connectivity index (χ3v) is 1.68. The molecule has 1 aromatic carbocycles. The van der Waals surface area contributed by atoms with Crippen LogP contribution in [0.3, 0.4) is 0 Å². The van der Waals surface area contributed by atoms with Gasteiger partial charge in [-0.3, -0.25) is 0 Å². The van der Waals surface area contributed by atoms with Gasteiger partial charge in [-0.2, -0.15) is 0 Å². The summed E-state index contributed by atoms with van der Waals surface area (Å²) in [7, 11) is 0. The van der Waals surface area contributed by atoms with E-state index >= 15 is 0 Å². The Hall–Kier alpha value is -1.29. The van der Waals surface area contributed by atoms with Gasteiger partial charge in [-0.25, -0.2) is 13.2 Å². The maximum atomic E-state index is 13.0. The zero-order chi connectivity index (χ0) is 10.6. The molecule has 0 amide bonds. The molecule has 0 fully saturated rings. The maximum Gasteiger partial charge on any atom is 0.266 e. The van der Waals surface area contributed by atoms with Gasteiger partial charge in [0.1, 0.15) is 5.82 Å². The van der Waals surface area contributed by atoms with Gasteiger partial charge in [-0.1, -0.05) is 18.2 Å². The molecule has 0 aliphatic rings. The van der Waals surface area contributed by atoms with Crippen molar-refractivity contribution in [2.24, 2.45) is 0 Å². The third-order valence-electron chi connectivity index (χ3n) is 1.68. The first-order valence-corrected chi connectivity index (χ1v) is 4.00. The monoisotopic (exact) mass is 202 g/mol. The SMILES string of the molecule is OCC=Cc1ccc(C(F)F)c(F)c1. The zero-order valence-corrected chi connectivity index (χ0v) is 7.25. The van der Waals surface area contributed by atoms with E-state index in [2.05, 4.69) is 0 Å². The van der Waals surface area contributed by atoms with Crippen LogP contribution in [-0.2, 0) is 0 Å². The van der Waals surface area contributed by atoms with Gasteiger partial charge in [-0.15, -0.1) is 0 Å². The quantitative estimate of drug-likeness (QED) is 0.799. The Bertz CT molecular complexity index is 334. The smallest absolute Gasteiger partial charge is 0.266 e. The van der Waals surface area contributed by atoms with Crippen LogP contribution in [0.2, 0.25) is 0 Å². The van der Waals surface area contributed by atoms with Gasteiger partial charge < -0.3 is 5.11 Å². The third kappa shape index (κ3) is 2.60. The topological polar surface area (TPSA) is 20.2 Å². The summed E-state index contributed by atoms with van der Waals surface area (Å²) in [5, 5.41) is 8.44. The van der Waals surface area contributed by atoms with Gasteiger partial charge in [0, 0.05) is 0 Å². The average Bonchev–Trinajstić information content (AvgIpc) is 2.14. The number of rotatable bonds is 3. The molecule has 0 saturated heterocycles. The first-order valence-electron chi connectivity index (χ1n) is 4.00. The second-order valence-corrected chi connectivity index (χ2v) is 2.67. The molecule has 14 heavy (non-hydrogen) atoms. The molecule has 0 unspecified atom stereocenters. The highest BCUT2D eigenvalue weighted by atomic mass is 19.3. The molecule has 1 N–H and O–H groups in total. The fourth-order valence-corrected chi connectivity index (χ4v) is 1.01. The van der Waals surface area contributed by atoms with Crippen molar-refractivity contribution < 1.29 is 18.3 Å². The summed E-state index contributed by atoms with van der Waals surface area (Å²) < 4.78 is 37.2. The minimum absolute atomic E-state index is 0.168. The van der Waals surface area contributed by atoms with E-state index in [4.69, 9.17) is 5.11 Å². The van der Waals surface area contributed by atoms with Crippen molar-refractivity contribution in [1.82, 2.24) is 0 Å². The largest absolute Gasteiger partial charge is 0.392 e. The van der Waals surface area contributed by atoms with E-state index in [9.17, 15) is 13.2 Å². The standard InChI is InChI=1S/C10H9F3O/c11-9-6-7(2-1-5-14)3-4-8(9)10(12)13/h1-4,6,10,14H,5H2. The fraction of sp³-hybridized carbons (Fsp3) is 0.200. The van der Waals surface area contributed by atoms with Crippen LogP contribution in [0.15, 0.2) is 24.3 Å². The minimum Gasteiger partial charge on any atom is -0.392 e. The Morgan fingerprint density at radius 1 is 1.36 bits per heavy atom. The van der Waals surface area contributed by atoms with Crippen molar-refractivity contribution in [3.63, 3.8) is 0 Å². The lowest BCUT2D eigenvalue weighted by atomic mass is 10.1. The van der Waals surface area contributed by atoms with Crippen LogP contribution in [0.4, 0.5) is 13.2 Å². The minimum atomic E-state index is -2.80. The van der Waals surface area contributed by atoms with Gasteiger partial charge in [-0.05, 0) is 17.7 Å². The molecule has 1 nitrogen and oxygen atoms in total. The lowest BCUT2D eigenvalue weighted by molar-refractivity contribution is 0.146. The number of benzene rings is 1. The van der Waals surface area contributed by atoms with E-state index in [0.717, 1.165) is 12.1 Å². The molecule has 0 bridgehead atoms. The molecule has 0 aromatic heterocycles. The van der Waals surface area contributed by atoms with Gasteiger partial charge in [0.15, 0.2) is 0 Å². The first-order chi connectivity index (χ1) is 6.65. The van der Waals surface area contributed by atoms with Gasteiger partial charge in [0.2, 0.25) is 0 Å². The lowest BCUT2D eigenvalue weighted by Gasteiger charge is -2.02. The van der Waals surface area contributed by atoms with Crippen molar-refractivity contribution >= 4 is 6.08 Å². The lowest BCUT2D eigenvalue weighted by Crippen LogP contribution is -1.90. The number of hydrogen-bond donors (Lipinski definition) is 1. The van der Waals surface area contributed by atoms with Crippen LogP contribution in [0, 0.1) is 5.82 Å². The molecule has 0 aliphatic heterocycles. The number of aliphatic hydroxyl groups excluding tert-OH is 1. The summed E-state index contributed by atoms with van der Waals surface area (Å²) in [6.07, 6.45) is 0.0562. The highest BCUT2D eigenvalue weighted by Crippen LogP contribution is 2.22. The molecule has 0 spiro atoms. The summed E-state index contributed by atoms with van der Waals surface area (Å²) in [5.74, 6) is -0.930. The van der Waals surface area contributed by atoms with Gasteiger partial charge >= 0.3 is 0 Å². The van der Waals surface area contributed by atoms with Gasteiger partial charge in [0.05, 0.1) is 12.2 Å². The second kappa shape index (κ2) is 4.81. The predicted octanol–water partition coefficient (Wildman–Crippen LogP) is 2.77. The predicted molar refractivity (Wildman–Crippen MR) is 47.5 cm³/mol. The highest BCUT2D eigenvalue weighted by Gasteiger charge is 2.12. The molecule has 76 valence electrons. The van der Waals surface area contributed by atoms with Gasteiger partial charge in [0.25, 0.3) is 6.43 Å². The van der Waals surface area contributed by atoms with E-state index in [1.165, 1.54) is 18.2 Å². The molecule has 0 saturated carbocycles. The van der Waals surface area contributed by atoms with E-state index in [1.54, 1.807) is 0 Å². The Morgan fingerprint density at radius 2 is 2.07 bits per heavy atom. The van der Waals surface area contributed by atoms with E-state index in [-0.39, 0.29) is 6.61 Å². The van der Waals surface area contributed by atoms with Crippen LogP contribution in [0.25, 0.3) is 6.08 Å². The van der Waals surface area contributed by atoms with E-state index in [0.29, 0.717) is 5.56 Å². The number of halogens is 3.